The Labute approximate surface area is 246 Å². The predicted molar refractivity (Wildman–Crippen MR) is 154 cm³/mol. The van der Waals surface area contributed by atoms with Crippen LogP contribution in [0.5, 0.6) is 0 Å². The minimum Gasteiger partial charge on any atom is -0.464 e. The van der Waals surface area contributed by atoms with Crippen molar-refractivity contribution in [3.05, 3.63) is 59.7 Å². The minimum absolute atomic E-state index is 0.0922. The summed E-state index contributed by atoms with van der Waals surface area (Å²) in [6.45, 7) is 3.77. The van der Waals surface area contributed by atoms with Gasteiger partial charge in [0.15, 0.2) is 0 Å². The summed E-state index contributed by atoms with van der Waals surface area (Å²) in [4.78, 5) is 23.7. The van der Waals surface area contributed by atoms with Gasteiger partial charge in [0.1, 0.15) is 9.79 Å². The molecule has 2 aromatic carbocycles. The number of carbonyl (C=O) groups excluding carboxylic acids is 2. The van der Waals surface area contributed by atoms with Crippen molar-refractivity contribution in [3.63, 3.8) is 0 Å². The molecule has 0 aliphatic carbocycles. The molecule has 13 nitrogen and oxygen atoms in total. The Morgan fingerprint density at radius 1 is 0.659 bits per heavy atom. The number of esters is 2. The zero-order chi connectivity index (χ0) is 30.5. The van der Waals surface area contributed by atoms with Gasteiger partial charge in [0.25, 0.3) is 0 Å². The van der Waals surface area contributed by atoms with Crippen LogP contribution in [0.3, 0.4) is 0 Å². The third kappa shape index (κ3) is 11.3. The van der Waals surface area contributed by atoms with Crippen LogP contribution >= 0.6 is 23.5 Å². The van der Waals surface area contributed by atoms with Crippen LogP contribution in [0.15, 0.2) is 68.6 Å². The van der Waals surface area contributed by atoms with Crippen molar-refractivity contribution in [2.45, 2.75) is 23.6 Å². The van der Waals surface area contributed by atoms with Crippen molar-refractivity contribution in [1.82, 2.24) is 0 Å². The summed E-state index contributed by atoms with van der Waals surface area (Å²) in [6, 6.07) is 11.8. The maximum atomic E-state index is 12.3. The molecule has 0 saturated carbocycles. The van der Waals surface area contributed by atoms with E-state index in [4.69, 9.17) is 4.74 Å². The molecule has 224 valence electrons. The summed E-state index contributed by atoms with van der Waals surface area (Å²) in [5, 5.41) is 6.21. The van der Waals surface area contributed by atoms with Gasteiger partial charge in [0.05, 0.1) is 27.4 Å². The second kappa shape index (κ2) is 16.4. The van der Waals surface area contributed by atoms with Gasteiger partial charge in [-0.2, -0.15) is 16.8 Å². The molecule has 0 aliphatic rings. The van der Waals surface area contributed by atoms with Crippen molar-refractivity contribution in [3.8, 4) is 0 Å². The predicted octanol–water partition coefficient (Wildman–Crippen LogP) is 2.87. The van der Waals surface area contributed by atoms with Crippen LogP contribution in [0.2, 0.25) is 0 Å². The number of methoxy groups -OCH3 is 2. The van der Waals surface area contributed by atoms with Gasteiger partial charge in [-0.05, 0) is 38.1 Å². The van der Waals surface area contributed by atoms with E-state index in [9.17, 15) is 26.4 Å². The fourth-order valence-electron chi connectivity index (χ4n) is 2.58. The number of carbonyl (C=O) groups is 2. The molecule has 0 amide bonds. The Kier molecular flexibility index (Phi) is 13.6. The first-order chi connectivity index (χ1) is 19.4. The first kappa shape index (κ1) is 34.1. The highest BCUT2D eigenvalue weighted by Crippen LogP contribution is 2.17. The molecular weight excluding hydrogens is 621 g/mol. The molecule has 0 spiro atoms. The van der Waals surface area contributed by atoms with Crippen LogP contribution in [0.1, 0.15) is 11.1 Å². The van der Waals surface area contributed by atoms with Gasteiger partial charge in [-0.15, -0.1) is 0 Å². The molecule has 0 aromatic heterocycles. The first-order valence-corrected chi connectivity index (χ1v) is 16.3. The SMILES string of the molecule is COC(=O)C(=NOS(=O)(=O)c1ccc(C)cc1)SCCOCCSC(=NOS(=O)(=O)c1ccc(C)cc1)C(=O)OC. The number of thioether (sulfide) groups is 2. The molecule has 0 aliphatic heterocycles. The third-order valence-corrected chi connectivity index (χ3v) is 8.72. The molecule has 41 heavy (non-hydrogen) atoms. The molecule has 0 bridgehead atoms. The monoisotopic (exact) mass is 648 g/mol. The number of nitrogens with zero attached hydrogens (tertiary/aromatic N) is 2. The normalized spacial score (nSPS) is 12.5. The van der Waals surface area contributed by atoms with E-state index in [0.717, 1.165) is 48.9 Å². The molecule has 0 heterocycles. The number of oxime groups is 2. The van der Waals surface area contributed by atoms with E-state index in [-0.39, 0.29) is 44.6 Å². The van der Waals surface area contributed by atoms with Gasteiger partial charge in [0, 0.05) is 11.5 Å². The minimum atomic E-state index is -4.25. The molecule has 0 unspecified atom stereocenters. The van der Waals surface area contributed by atoms with Crippen LogP contribution in [-0.2, 0) is 52.6 Å². The Morgan fingerprint density at radius 3 is 1.32 bits per heavy atom. The van der Waals surface area contributed by atoms with Crippen LogP contribution < -0.4 is 0 Å². The highest BCUT2D eigenvalue weighted by molar-refractivity contribution is 8.16. The van der Waals surface area contributed by atoms with Gasteiger partial charge in [-0.1, -0.05) is 69.2 Å². The van der Waals surface area contributed by atoms with Crippen molar-refractivity contribution >= 4 is 65.8 Å². The molecule has 17 heteroatoms. The lowest BCUT2D eigenvalue weighted by atomic mass is 10.2. The largest absolute Gasteiger partial charge is 0.464 e. The maximum absolute atomic E-state index is 12.3. The van der Waals surface area contributed by atoms with E-state index in [0.29, 0.717) is 0 Å². The lowest BCUT2D eigenvalue weighted by molar-refractivity contribution is -0.133. The lowest BCUT2D eigenvalue weighted by Crippen LogP contribution is -2.17. The summed E-state index contributed by atoms with van der Waals surface area (Å²) >= 11 is 1.69. The Morgan fingerprint density at radius 2 is 1.00 bits per heavy atom. The van der Waals surface area contributed by atoms with Gasteiger partial charge in [-0.3, -0.25) is 8.57 Å². The van der Waals surface area contributed by atoms with E-state index in [1.165, 1.54) is 24.3 Å². The van der Waals surface area contributed by atoms with Crippen molar-refractivity contribution < 1.29 is 49.2 Å². The zero-order valence-corrected chi connectivity index (χ0v) is 25.7. The number of aryl methyl sites for hydroxylation is 2. The molecule has 0 saturated heterocycles. The molecule has 0 N–H and O–H groups in total. The Balaban J connectivity index is 1.86. The highest BCUT2D eigenvalue weighted by atomic mass is 32.2. The average molecular weight is 649 g/mol. The van der Waals surface area contributed by atoms with Crippen LogP contribution in [0.4, 0.5) is 0 Å². The first-order valence-electron chi connectivity index (χ1n) is 11.6. The van der Waals surface area contributed by atoms with Crippen molar-refractivity contribution in [2.24, 2.45) is 10.3 Å². The van der Waals surface area contributed by atoms with E-state index < -0.39 is 32.2 Å². The van der Waals surface area contributed by atoms with Gasteiger partial charge in [0.2, 0.25) is 10.1 Å². The Bertz CT molecular complexity index is 1340. The van der Waals surface area contributed by atoms with E-state index in [1.54, 1.807) is 38.1 Å². The van der Waals surface area contributed by atoms with Crippen LogP contribution in [-0.4, -0.2) is 77.8 Å². The van der Waals surface area contributed by atoms with Crippen LogP contribution in [0.25, 0.3) is 0 Å². The molecule has 0 radical (unpaired) electrons. The third-order valence-electron chi connectivity index (χ3n) is 4.71. The molecule has 0 fully saturated rings. The smallest absolute Gasteiger partial charge is 0.366 e. The number of hydrogen-bond acceptors (Lipinski definition) is 15. The highest BCUT2D eigenvalue weighted by Gasteiger charge is 2.21. The maximum Gasteiger partial charge on any atom is 0.366 e. The second-order valence-corrected chi connectivity index (χ2v) is 13.0. The number of benzene rings is 2. The summed E-state index contributed by atoms with van der Waals surface area (Å²) in [5.41, 5.74) is 1.70. The quantitative estimate of drug-likeness (QED) is 0.108. The standard InChI is InChI=1S/C24H28N2O11S4/c1-17-5-9-19(10-6-17)40(29,30)36-25-21(23(27)33-3)38-15-13-35-14-16-39-22(24(28)34-4)26-37-41(31,32)20-11-7-18(2)8-12-20/h5-12H,13-16H2,1-4H3. The van der Waals surface area contributed by atoms with Gasteiger partial charge in [-0.25, -0.2) is 9.59 Å². The number of rotatable bonds is 12. The lowest BCUT2D eigenvalue weighted by Gasteiger charge is -2.07. The number of hydrogen-bond donors (Lipinski definition) is 0. The summed E-state index contributed by atoms with van der Waals surface area (Å²) < 4.78 is 73.2. The molecule has 2 aromatic rings. The fraction of sp³-hybridized carbons (Fsp3) is 0.333. The average Bonchev–Trinajstić information content (AvgIpc) is 2.95. The molecular formula is C24H28N2O11S4. The van der Waals surface area contributed by atoms with Gasteiger partial charge >= 0.3 is 32.2 Å². The van der Waals surface area contributed by atoms with Crippen LogP contribution in [0, 0.1) is 13.8 Å². The summed E-state index contributed by atoms with van der Waals surface area (Å²) in [6.07, 6.45) is 0. The van der Waals surface area contributed by atoms with Crippen molar-refractivity contribution in [2.75, 3.05) is 38.9 Å². The molecule has 2 rings (SSSR count). The summed E-state index contributed by atoms with van der Waals surface area (Å²) in [7, 11) is -6.27. The van der Waals surface area contributed by atoms with E-state index >= 15 is 0 Å². The zero-order valence-electron chi connectivity index (χ0n) is 22.5. The summed E-state index contributed by atoms with van der Waals surface area (Å²) in [5.74, 6) is -1.46. The number of ether oxygens (including phenoxy) is 3. The van der Waals surface area contributed by atoms with E-state index in [1.807, 2.05) is 0 Å². The van der Waals surface area contributed by atoms with E-state index in [2.05, 4.69) is 28.4 Å². The van der Waals surface area contributed by atoms with Gasteiger partial charge < -0.3 is 14.2 Å². The Hall–Kier alpha value is -3.12. The van der Waals surface area contributed by atoms with Crippen molar-refractivity contribution in [1.29, 1.82) is 0 Å². The second-order valence-electron chi connectivity index (χ2n) is 7.77. The fourth-order valence-corrected chi connectivity index (χ4v) is 5.50. The topological polar surface area (TPSA) is 173 Å². The molecule has 0 atom stereocenters.